The zero-order valence-electron chi connectivity index (χ0n) is 8.59. The lowest BCUT2D eigenvalue weighted by molar-refractivity contribution is -0.134. The highest BCUT2D eigenvalue weighted by atomic mass is 127. The van der Waals surface area contributed by atoms with Crippen molar-refractivity contribution in [3.8, 4) is 11.8 Å². The first-order chi connectivity index (χ1) is 7.58. The second-order valence-electron chi connectivity index (χ2n) is 3.10. The number of benzene rings is 1. The number of ether oxygens (including phenoxy) is 1. The molecule has 1 aromatic rings. The molecule has 0 aromatic heterocycles. The summed E-state index contributed by atoms with van der Waals surface area (Å²) < 4.78 is 6.58. The molecule has 0 spiro atoms. The van der Waals surface area contributed by atoms with Gasteiger partial charge in [0.2, 0.25) is 0 Å². The Bertz CT molecular complexity index is 431. The number of hydrogen-bond donors (Lipinski definition) is 0. The molecule has 1 rings (SSSR count). The Kier molecular flexibility index (Phi) is 5.22. The van der Waals surface area contributed by atoms with Crippen molar-refractivity contribution >= 4 is 44.5 Å². The van der Waals surface area contributed by atoms with E-state index < -0.39 is 0 Å². The maximum atomic E-state index is 11.4. The maximum Gasteiger partial charge on any atom is 0.311 e. The standard InChI is InChI=1S/C11H9BrINO2/c1-2-3-10(15)16-11-8(12)4-7(6-14)5-9(11)13/h4-5H,2-3H2,1H3. The number of carbonyl (C=O) groups excluding carboxylic acids is 1. The van der Waals surface area contributed by atoms with Gasteiger partial charge in [-0.1, -0.05) is 6.92 Å². The minimum atomic E-state index is -0.258. The van der Waals surface area contributed by atoms with Crippen LogP contribution in [0.1, 0.15) is 25.3 Å². The molecule has 0 atom stereocenters. The number of nitriles is 1. The summed E-state index contributed by atoms with van der Waals surface area (Å²) in [5.41, 5.74) is 0.534. The summed E-state index contributed by atoms with van der Waals surface area (Å²) in [4.78, 5) is 11.4. The van der Waals surface area contributed by atoms with Gasteiger partial charge in [0, 0.05) is 6.42 Å². The van der Waals surface area contributed by atoms with E-state index in [1.165, 1.54) is 0 Å². The van der Waals surface area contributed by atoms with Crippen molar-refractivity contribution in [1.82, 2.24) is 0 Å². The molecule has 0 radical (unpaired) electrons. The van der Waals surface area contributed by atoms with Crippen LogP contribution in [-0.2, 0) is 4.79 Å². The van der Waals surface area contributed by atoms with Crippen molar-refractivity contribution in [3.05, 3.63) is 25.7 Å². The topological polar surface area (TPSA) is 50.1 Å². The van der Waals surface area contributed by atoms with E-state index in [2.05, 4.69) is 15.9 Å². The first kappa shape index (κ1) is 13.5. The fourth-order valence-electron chi connectivity index (χ4n) is 1.09. The summed E-state index contributed by atoms with van der Waals surface area (Å²) in [5, 5.41) is 8.76. The van der Waals surface area contributed by atoms with Crippen molar-refractivity contribution in [3.63, 3.8) is 0 Å². The van der Waals surface area contributed by atoms with Gasteiger partial charge in [-0.15, -0.1) is 0 Å². The molecule has 0 aliphatic rings. The van der Waals surface area contributed by atoms with Gasteiger partial charge in [0.25, 0.3) is 0 Å². The third-order valence-corrected chi connectivity index (χ3v) is 3.19. The first-order valence-electron chi connectivity index (χ1n) is 4.68. The van der Waals surface area contributed by atoms with E-state index in [-0.39, 0.29) is 5.97 Å². The highest BCUT2D eigenvalue weighted by molar-refractivity contribution is 14.1. The summed E-state index contributed by atoms with van der Waals surface area (Å²) in [6.45, 7) is 1.92. The number of hydrogen-bond acceptors (Lipinski definition) is 3. The van der Waals surface area contributed by atoms with E-state index in [1.807, 2.05) is 35.6 Å². The van der Waals surface area contributed by atoms with Crippen molar-refractivity contribution in [1.29, 1.82) is 5.26 Å². The van der Waals surface area contributed by atoms with Crippen LogP contribution in [0.5, 0.6) is 5.75 Å². The van der Waals surface area contributed by atoms with Crippen LogP contribution >= 0.6 is 38.5 Å². The van der Waals surface area contributed by atoms with Crippen LogP contribution < -0.4 is 4.74 Å². The summed E-state index contributed by atoms with van der Waals surface area (Å²) in [6.07, 6.45) is 1.14. The highest BCUT2D eigenvalue weighted by Crippen LogP contribution is 2.32. The third kappa shape index (κ3) is 3.46. The Morgan fingerprint density at radius 1 is 1.62 bits per heavy atom. The molecule has 16 heavy (non-hydrogen) atoms. The lowest BCUT2D eigenvalue weighted by Gasteiger charge is -2.08. The number of halogens is 2. The molecule has 0 aliphatic heterocycles. The molecule has 5 heteroatoms. The monoisotopic (exact) mass is 393 g/mol. The molecule has 0 amide bonds. The quantitative estimate of drug-likeness (QED) is 0.447. The second-order valence-corrected chi connectivity index (χ2v) is 5.12. The summed E-state index contributed by atoms with van der Waals surface area (Å²) in [5.74, 6) is 0.226. The molecule has 0 saturated carbocycles. The lowest BCUT2D eigenvalue weighted by Crippen LogP contribution is -2.08. The van der Waals surface area contributed by atoms with Gasteiger partial charge in [-0.3, -0.25) is 4.79 Å². The Morgan fingerprint density at radius 3 is 2.81 bits per heavy atom. The van der Waals surface area contributed by atoms with Crippen molar-refractivity contribution in [2.45, 2.75) is 19.8 Å². The van der Waals surface area contributed by atoms with E-state index in [0.29, 0.717) is 22.2 Å². The molecule has 0 aliphatic carbocycles. The normalized spacial score (nSPS) is 9.62. The average Bonchev–Trinajstić information content (AvgIpc) is 2.23. The molecular formula is C11H9BrINO2. The molecule has 1 aromatic carbocycles. The fraction of sp³-hybridized carbons (Fsp3) is 0.273. The van der Waals surface area contributed by atoms with Crippen LogP contribution in [0.25, 0.3) is 0 Å². The van der Waals surface area contributed by atoms with Gasteiger partial charge in [0.15, 0.2) is 5.75 Å². The van der Waals surface area contributed by atoms with E-state index in [1.54, 1.807) is 12.1 Å². The van der Waals surface area contributed by atoms with Gasteiger partial charge < -0.3 is 4.74 Å². The Labute approximate surface area is 116 Å². The average molecular weight is 394 g/mol. The molecule has 0 bridgehead atoms. The van der Waals surface area contributed by atoms with Crippen LogP contribution in [-0.4, -0.2) is 5.97 Å². The number of esters is 1. The number of rotatable bonds is 3. The van der Waals surface area contributed by atoms with Gasteiger partial charge in [-0.2, -0.15) is 5.26 Å². The smallest absolute Gasteiger partial charge is 0.311 e. The van der Waals surface area contributed by atoms with Gasteiger partial charge in [-0.05, 0) is 57.1 Å². The summed E-state index contributed by atoms with van der Waals surface area (Å²) >= 11 is 5.32. The zero-order chi connectivity index (χ0) is 12.1. The van der Waals surface area contributed by atoms with Crippen molar-refractivity contribution < 1.29 is 9.53 Å². The van der Waals surface area contributed by atoms with Crippen LogP contribution in [0.2, 0.25) is 0 Å². The molecule has 0 unspecified atom stereocenters. The minimum Gasteiger partial charge on any atom is -0.424 e. The largest absolute Gasteiger partial charge is 0.424 e. The highest BCUT2D eigenvalue weighted by Gasteiger charge is 2.12. The maximum absolute atomic E-state index is 11.4. The molecule has 84 valence electrons. The van der Waals surface area contributed by atoms with Crippen molar-refractivity contribution in [2.75, 3.05) is 0 Å². The van der Waals surface area contributed by atoms with Gasteiger partial charge >= 0.3 is 5.97 Å². The molecule has 0 fully saturated rings. The van der Waals surface area contributed by atoms with Crippen LogP contribution in [0.3, 0.4) is 0 Å². The van der Waals surface area contributed by atoms with Gasteiger partial charge in [-0.25, -0.2) is 0 Å². The minimum absolute atomic E-state index is 0.258. The molecular weight excluding hydrogens is 385 g/mol. The fourth-order valence-corrected chi connectivity index (χ4v) is 2.74. The molecule has 3 nitrogen and oxygen atoms in total. The van der Waals surface area contributed by atoms with E-state index in [0.717, 1.165) is 9.99 Å². The predicted molar refractivity (Wildman–Crippen MR) is 72.1 cm³/mol. The second kappa shape index (κ2) is 6.21. The number of carbonyl (C=O) groups is 1. The Hall–Kier alpha value is -0.610. The Morgan fingerprint density at radius 2 is 2.31 bits per heavy atom. The third-order valence-electron chi connectivity index (χ3n) is 1.80. The summed E-state index contributed by atoms with van der Waals surface area (Å²) in [6, 6.07) is 5.36. The van der Waals surface area contributed by atoms with E-state index >= 15 is 0 Å². The molecule has 0 N–H and O–H groups in total. The van der Waals surface area contributed by atoms with Crippen molar-refractivity contribution in [2.24, 2.45) is 0 Å². The SMILES string of the molecule is CCCC(=O)Oc1c(Br)cc(C#N)cc1I. The predicted octanol–water partition coefficient (Wildman–Crippen LogP) is 3.63. The molecule has 0 heterocycles. The van der Waals surface area contributed by atoms with E-state index in [9.17, 15) is 4.79 Å². The molecule has 0 saturated heterocycles. The summed E-state index contributed by atoms with van der Waals surface area (Å²) in [7, 11) is 0. The van der Waals surface area contributed by atoms with Crippen LogP contribution in [0.15, 0.2) is 16.6 Å². The van der Waals surface area contributed by atoms with Gasteiger partial charge in [0.1, 0.15) is 0 Å². The number of nitrogens with zero attached hydrogens (tertiary/aromatic N) is 1. The Balaban J connectivity index is 2.98. The van der Waals surface area contributed by atoms with Crippen LogP contribution in [0.4, 0.5) is 0 Å². The lowest BCUT2D eigenvalue weighted by atomic mass is 10.2. The van der Waals surface area contributed by atoms with Crippen LogP contribution in [0, 0.1) is 14.9 Å². The zero-order valence-corrected chi connectivity index (χ0v) is 12.3. The van der Waals surface area contributed by atoms with E-state index in [4.69, 9.17) is 10.00 Å². The van der Waals surface area contributed by atoms with Gasteiger partial charge in [0.05, 0.1) is 19.7 Å². The first-order valence-corrected chi connectivity index (χ1v) is 6.55.